The van der Waals surface area contributed by atoms with Crippen LogP contribution in [-0.4, -0.2) is 4.57 Å². The molecule has 1 spiro atoms. The van der Waals surface area contributed by atoms with E-state index in [1.165, 1.54) is 10.1 Å². The average Bonchev–Trinajstić information content (AvgIpc) is 4.02. The maximum absolute atomic E-state index is 9.99. The lowest BCUT2D eigenvalue weighted by molar-refractivity contribution is 0.773. The fourth-order valence-corrected chi connectivity index (χ4v) is 12.3. The molecule has 1 atom stereocenters. The van der Waals surface area contributed by atoms with Crippen molar-refractivity contribution in [2.45, 2.75) is 5.41 Å². The summed E-state index contributed by atoms with van der Waals surface area (Å²) in [5, 5.41) is 6.78. The molecule has 0 amide bonds. The highest BCUT2D eigenvalue weighted by atomic mass is 32.1. The van der Waals surface area contributed by atoms with Gasteiger partial charge < -0.3 is 9.47 Å². The van der Waals surface area contributed by atoms with Crippen molar-refractivity contribution in [3.63, 3.8) is 0 Å². The highest BCUT2D eigenvalue weighted by Crippen LogP contribution is 2.64. The smallest absolute Gasteiger partial charge is 0.0726 e. The van der Waals surface area contributed by atoms with Gasteiger partial charge in [0.2, 0.25) is 0 Å². The minimum absolute atomic E-state index is 0.0226. The van der Waals surface area contributed by atoms with Crippen molar-refractivity contribution in [1.29, 1.82) is 0 Å². The molecule has 0 radical (unpaired) electrons. The zero-order chi connectivity index (χ0) is 44.0. The van der Waals surface area contributed by atoms with Crippen LogP contribution in [0.15, 0.2) is 218 Å². The number of rotatable bonds is 4. The van der Waals surface area contributed by atoms with E-state index in [0.29, 0.717) is 11.1 Å². The van der Waals surface area contributed by atoms with E-state index in [9.17, 15) is 5.48 Å². The second-order valence-corrected chi connectivity index (χ2v) is 17.5. The number of benzene rings is 10. The molecule has 0 fully saturated rings. The third-order valence-corrected chi connectivity index (χ3v) is 14.6. The molecule has 14 rings (SSSR count). The van der Waals surface area contributed by atoms with Crippen molar-refractivity contribution in [3.05, 3.63) is 241 Å². The van der Waals surface area contributed by atoms with E-state index in [-0.39, 0.29) is 24.2 Å². The fraction of sp³-hybridized carbons (Fsp3) is 0.0169. The van der Waals surface area contributed by atoms with Gasteiger partial charge >= 0.3 is 0 Å². The van der Waals surface area contributed by atoms with Gasteiger partial charge in [-0.15, -0.1) is 11.3 Å². The molecule has 2 heterocycles. The maximum atomic E-state index is 9.99. The Morgan fingerprint density at radius 3 is 2.06 bits per heavy atom. The summed E-state index contributed by atoms with van der Waals surface area (Å²) in [6, 6.07) is 68.3. The molecule has 288 valence electrons. The first kappa shape index (κ1) is 30.3. The zero-order valence-corrected chi connectivity index (χ0v) is 34.1. The maximum Gasteiger partial charge on any atom is 0.0726 e. The summed E-state index contributed by atoms with van der Waals surface area (Å²) < 4.78 is 43.3. The number of hydrogen-bond acceptors (Lipinski definition) is 2. The van der Waals surface area contributed by atoms with Crippen LogP contribution in [0.25, 0.3) is 80.7 Å². The molecule has 0 saturated heterocycles. The van der Waals surface area contributed by atoms with E-state index < -0.39 is 5.41 Å². The van der Waals surface area contributed by atoms with Crippen molar-refractivity contribution in [1.82, 2.24) is 4.57 Å². The van der Waals surface area contributed by atoms with Crippen molar-refractivity contribution in [2.24, 2.45) is 0 Å². The molecule has 0 aliphatic heterocycles. The van der Waals surface area contributed by atoms with E-state index in [4.69, 9.17) is 0 Å². The van der Waals surface area contributed by atoms with Gasteiger partial charge in [-0.2, -0.15) is 0 Å². The number of para-hydroxylation sites is 2. The van der Waals surface area contributed by atoms with Crippen LogP contribution in [0.1, 0.15) is 27.7 Å². The van der Waals surface area contributed by atoms with Crippen LogP contribution in [0.5, 0.6) is 0 Å². The Labute approximate surface area is 368 Å². The lowest BCUT2D eigenvalue weighted by atomic mass is 9.61. The summed E-state index contributed by atoms with van der Waals surface area (Å²) in [6.07, 6.45) is 0. The summed E-state index contributed by atoms with van der Waals surface area (Å²) in [5.74, 6) is 0. The summed E-state index contributed by atoms with van der Waals surface area (Å²) in [5.41, 5.74) is 12.0. The van der Waals surface area contributed by atoms with Crippen molar-refractivity contribution in [2.75, 3.05) is 4.90 Å². The molecule has 3 heteroatoms. The van der Waals surface area contributed by atoms with Gasteiger partial charge in [0, 0.05) is 47.9 Å². The minimum Gasteiger partial charge on any atom is -0.309 e. The van der Waals surface area contributed by atoms with Crippen LogP contribution in [0, 0.1) is 0 Å². The number of nitrogens with zero attached hydrogens (tertiary/aromatic N) is 2. The molecule has 0 bridgehead atoms. The van der Waals surface area contributed by atoms with E-state index in [1.54, 1.807) is 11.3 Å². The molecule has 2 nitrogen and oxygen atoms in total. The third-order valence-electron chi connectivity index (χ3n) is 13.5. The Morgan fingerprint density at radius 2 is 1.13 bits per heavy atom. The second-order valence-electron chi connectivity index (χ2n) is 16.4. The first-order chi connectivity index (χ1) is 32.4. The summed E-state index contributed by atoms with van der Waals surface area (Å²) in [6.45, 7) is 0. The Bertz CT molecular complexity index is 4070. The van der Waals surface area contributed by atoms with Gasteiger partial charge in [0.05, 0.1) is 33.3 Å². The third kappa shape index (κ3) is 4.37. The highest BCUT2D eigenvalue weighted by Gasteiger charge is 2.51. The summed E-state index contributed by atoms with van der Waals surface area (Å²) in [4.78, 5) is 2.36. The van der Waals surface area contributed by atoms with E-state index in [0.717, 1.165) is 98.8 Å². The highest BCUT2D eigenvalue weighted by molar-refractivity contribution is 7.26. The quantitative estimate of drug-likeness (QED) is 0.172. The standard InChI is InChI=1S/C59H36N2S/c1-2-18-38(19-3-1)60-50-29-10-6-21-41(50)42-35-34-39(36-53(42)60)61(52-31-15-33-55-58(52)45-23-7-11-32-54(45)62-55)51-30-14-28-49-57(51)44-22-5-9-26-47(44)59(49)46-25-8-4-20-40(46)43-24-12-16-37-17-13-27-48(59)56(37)43/h1-36H/i5D,9D,22D,26D. The van der Waals surface area contributed by atoms with Crippen LogP contribution in [0.2, 0.25) is 0 Å². The second kappa shape index (κ2) is 12.7. The van der Waals surface area contributed by atoms with Crippen molar-refractivity contribution >= 4 is 81.1 Å². The molecule has 2 aliphatic carbocycles. The minimum atomic E-state index is -1.07. The Balaban J connectivity index is 1.16. The Hall–Kier alpha value is -7.72. The number of aromatic nitrogens is 1. The molecule has 0 N–H and O–H groups in total. The molecule has 12 aromatic rings. The molecular weight excluding hydrogens is 769 g/mol. The first-order valence-electron chi connectivity index (χ1n) is 23.1. The molecule has 1 unspecified atom stereocenters. The van der Waals surface area contributed by atoms with Gasteiger partial charge in [-0.1, -0.05) is 164 Å². The average molecular weight is 809 g/mol. The van der Waals surface area contributed by atoms with Crippen LogP contribution in [0.4, 0.5) is 17.1 Å². The van der Waals surface area contributed by atoms with Crippen LogP contribution in [0.3, 0.4) is 0 Å². The van der Waals surface area contributed by atoms with E-state index >= 15 is 0 Å². The topological polar surface area (TPSA) is 8.17 Å². The molecule has 2 aromatic heterocycles. The molecule has 10 aromatic carbocycles. The lowest BCUT2D eigenvalue weighted by Gasteiger charge is -2.40. The summed E-state index contributed by atoms with van der Waals surface area (Å²) in [7, 11) is 0. The number of hydrogen-bond donors (Lipinski definition) is 0. The van der Waals surface area contributed by atoms with Crippen LogP contribution in [-0.2, 0) is 5.41 Å². The molecule has 0 saturated carbocycles. The molecular formula is C59H36N2S. The van der Waals surface area contributed by atoms with Crippen molar-refractivity contribution < 1.29 is 5.48 Å². The fourth-order valence-electron chi connectivity index (χ4n) is 11.1. The van der Waals surface area contributed by atoms with Gasteiger partial charge in [0.1, 0.15) is 0 Å². The Morgan fingerprint density at radius 1 is 0.452 bits per heavy atom. The van der Waals surface area contributed by atoms with E-state index in [1.807, 2.05) is 0 Å². The van der Waals surface area contributed by atoms with Gasteiger partial charge in [-0.25, -0.2) is 0 Å². The number of fused-ring (bicyclic) bond motifs is 15. The van der Waals surface area contributed by atoms with Gasteiger partial charge in [0.15, 0.2) is 0 Å². The SMILES string of the molecule is [2H]c1c([2H])c([2H])c2c(c1[2H])-c1c(N(c3ccc4c5ccccc5n(-c5ccccc5)c4c3)c3cccc4sc5ccccc5c34)cccc1C21c2ccccc2-c2cccc3cccc1c23. The van der Waals surface area contributed by atoms with Gasteiger partial charge in [-0.3, -0.25) is 0 Å². The van der Waals surface area contributed by atoms with Crippen molar-refractivity contribution in [3.8, 4) is 27.9 Å². The first-order valence-corrected chi connectivity index (χ1v) is 21.9. The summed E-state index contributed by atoms with van der Waals surface area (Å²) >= 11 is 1.78. The monoisotopic (exact) mass is 808 g/mol. The zero-order valence-electron chi connectivity index (χ0n) is 37.3. The predicted molar refractivity (Wildman–Crippen MR) is 262 cm³/mol. The predicted octanol–water partition coefficient (Wildman–Crippen LogP) is 16.1. The lowest BCUT2D eigenvalue weighted by Crippen LogP contribution is -2.31. The molecule has 2 aliphatic rings. The molecule has 62 heavy (non-hydrogen) atoms. The van der Waals surface area contributed by atoms with Crippen LogP contribution < -0.4 is 4.90 Å². The van der Waals surface area contributed by atoms with Gasteiger partial charge in [-0.05, 0) is 104 Å². The van der Waals surface area contributed by atoms with Crippen LogP contribution >= 0.6 is 11.3 Å². The van der Waals surface area contributed by atoms with E-state index in [2.05, 4.69) is 204 Å². The van der Waals surface area contributed by atoms with Gasteiger partial charge in [0.25, 0.3) is 0 Å². The number of thiophene rings is 1. The largest absolute Gasteiger partial charge is 0.309 e. The Kier molecular flexibility index (Phi) is 6.19. The number of anilines is 3. The normalized spacial score (nSPS) is 15.7.